The molecule has 1 fully saturated rings. The number of nitrogens with zero attached hydrogens (tertiary/aromatic N) is 4. The fraction of sp³-hybridized carbons (Fsp3) is 0.462. The normalized spacial score (nSPS) is 16.3. The van der Waals surface area contributed by atoms with Crippen molar-refractivity contribution in [2.75, 3.05) is 13.1 Å². The van der Waals surface area contributed by atoms with Gasteiger partial charge in [0, 0.05) is 30.9 Å². The van der Waals surface area contributed by atoms with Crippen LogP contribution in [0.2, 0.25) is 0 Å². The lowest BCUT2D eigenvalue weighted by Gasteiger charge is -2.39. The minimum absolute atomic E-state index is 0.180. The second-order valence-corrected chi connectivity index (χ2v) is 5.29. The third kappa shape index (κ3) is 2.20. The number of nitrogens with one attached hydrogen (secondary N) is 1. The second kappa shape index (κ2) is 4.75. The molecule has 0 aromatic carbocycles. The molecule has 3 rings (SSSR count). The first-order valence-electron chi connectivity index (χ1n) is 6.55. The minimum Gasteiger partial charge on any atom is -0.477 e. The topological polar surface area (TPSA) is 87.0 Å². The van der Waals surface area contributed by atoms with Gasteiger partial charge in [0.15, 0.2) is 0 Å². The number of carboxylic acid groups (broad SMARTS) is 1. The fourth-order valence-electron chi connectivity index (χ4n) is 2.70. The van der Waals surface area contributed by atoms with Crippen molar-refractivity contribution in [1.29, 1.82) is 0 Å². The summed E-state index contributed by atoms with van der Waals surface area (Å²) in [4.78, 5) is 13.2. The number of likely N-dealkylation sites (tertiary alicyclic amines) is 1. The monoisotopic (exact) mass is 275 g/mol. The summed E-state index contributed by atoms with van der Waals surface area (Å²) in [5.41, 5.74) is 3.11. The molecule has 0 amide bonds. The first kappa shape index (κ1) is 12.9. The van der Waals surface area contributed by atoms with Gasteiger partial charge in [0.05, 0.1) is 17.9 Å². The Kier molecular flexibility index (Phi) is 3.06. The molecule has 20 heavy (non-hydrogen) atoms. The zero-order valence-electron chi connectivity index (χ0n) is 11.5. The Morgan fingerprint density at radius 3 is 2.85 bits per heavy atom. The predicted molar refractivity (Wildman–Crippen MR) is 71.6 cm³/mol. The molecule has 106 valence electrons. The molecule has 1 aliphatic rings. The second-order valence-electron chi connectivity index (χ2n) is 5.29. The Morgan fingerprint density at radius 1 is 1.50 bits per heavy atom. The summed E-state index contributed by atoms with van der Waals surface area (Å²) in [6.07, 6.45) is 1.58. The van der Waals surface area contributed by atoms with Gasteiger partial charge in [-0.05, 0) is 19.9 Å². The molecule has 1 saturated heterocycles. The third-order valence-corrected chi connectivity index (χ3v) is 3.65. The summed E-state index contributed by atoms with van der Waals surface area (Å²) >= 11 is 0. The van der Waals surface area contributed by atoms with E-state index in [0.717, 1.165) is 24.3 Å². The number of hydrogen-bond donors (Lipinski definition) is 2. The first-order valence-corrected chi connectivity index (χ1v) is 6.55. The summed E-state index contributed by atoms with van der Waals surface area (Å²) in [6, 6.07) is 2.45. The van der Waals surface area contributed by atoms with Crippen molar-refractivity contribution in [3.63, 3.8) is 0 Å². The van der Waals surface area contributed by atoms with E-state index in [0.29, 0.717) is 12.6 Å². The zero-order chi connectivity index (χ0) is 14.3. The van der Waals surface area contributed by atoms with E-state index in [9.17, 15) is 4.79 Å². The maximum atomic E-state index is 11.0. The number of carboxylic acids is 1. The molecular weight excluding hydrogens is 258 g/mol. The minimum atomic E-state index is -0.965. The standard InChI is InChI=1S/C13H17N5O2/c1-8-3-9(2)18(16-8)11-6-17(7-11)5-10-4-14-15-12(10)13(19)20/h3-4,11H,5-7H2,1-2H3,(H,14,15)(H,19,20). The Balaban J connectivity index is 1.62. The van der Waals surface area contributed by atoms with Gasteiger partial charge in [-0.15, -0.1) is 0 Å². The van der Waals surface area contributed by atoms with Crippen LogP contribution < -0.4 is 0 Å². The van der Waals surface area contributed by atoms with E-state index in [1.807, 2.05) is 6.92 Å². The van der Waals surface area contributed by atoms with Crippen molar-refractivity contribution in [1.82, 2.24) is 24.9 Å². The Bertz CT molecular complexity index is 639. The molecule has 0 saturated carbocycles. The lowest BCUT2D eigenvalue weighted by molar-refractivity contribution is 0.0679. The van der Waals surface area contributed by atoms with E-state index in [-0.39, 0.29) is 5.69 Å². The predicted octanol–water partition coefficient (Wildman–Crippen LogP) is 0.978. The molecule has 2 N–H and O–H groups in total. The number of aromatic nitrogens is 4. The quantitative estimate of drug-likeness (QED) is 0.868. The van der Waals surface area contributed by atoms with Gasteiger partial charge in [-0.1, -0.05) is 0 Å². The van der Waals surface area contributed by atoms with Gasteiger partial charge in [0.1, 0.15) is 5.69 Å². The fourth-order valence-corrected chi connectivity index (χ4v) is 2.70. The van der Waals surface area contributed by atoms with Crippen molar-refractivity contribution in [2.45, 2.75) is 26.4 Å². The number of carbonyl (C=O) groups is 1. The molecule has 1 aliphatic heterocycles. The van der Waals surface area contributed by atoms with Crippen LogP contribution in [0, 0.1) is 13.8 Å². The van der Waals surface area contributed by atoms with Crippen LogP contribution in [0.25, 0.3) is 0 Å². The molecule has 2 aromatic rings. The van der Waals surface area contributed by atoms with Crippen LogP contribution >= 0.6 is 0 Å². The van der Waals surface area contributed by atoms with E-state index in [4.69, 9.17) is 5.11 Å². The third-order valence-electron chi connectivity index (χ3n) is 3.65. The largest absolute Gasteiger partial charge is 0.477 e. The number of aromatic amines is 1. The highest BCUT2D eigenvalue weighted by molar-refractivity contribution is 5.86. The molecule has 3 heterocycles. The van der Waals surface area contributed by atoms with Crippen molar-refractivity contribution >= 4 is 5.97 Å². The molecular formula is C13H17N5O2. The van der Waals surface area contributed by atoms with Crippen LogP contribution in [0.15, 0.2) is 12.3 Å². The van der Waals surface area contributed by atoms with E-state index in [2.05, 4.69) is 37.9 Å². The smallest absolute Gasteiger partial charge is 0.354 e. The number of aryl methyl sites for hydroxylation is 2. The molecule has 2 aromatic heterocycles. The number of H-pyrrole nitrogens is 1. The van der Waals surface area contributed by atoms with Crippen molar-refractivity contribution in [2.24, 2.45) is 0 Å². The van der Waals surface area contributed by atoms with Gasteiger partial charge in [-0.25, -0.2) is 4.79 Å². The molecule has 0 bridgehead atoms. The average Bonchev–Trinajstić information content (AvgIpc) is 2.90. The summed E-state index contributed by atoms with van der Waals surface area (Å²) in [5, 5.41) is 19.8. The highest BCUT2D eigenvalue weighted by Crippen LogP contribution is 2.24. The van der Waals surface area contributed by atoms with Crippen molar-refractivity contribution in [3.8, 4) is 0 Å². The maximum absolute atomic E-state index is 11.0. The highest BCUT2D eigenvalue weighted by Gasteiger charge is 2.30. The van der Waals surface area contributed by atoms with Gasteiger partial charge < -0.3 is 5.11 Å². The maximum Gasteiger partial charge on any atom is 0.354 e. The Morgan fingerprint density at radius 2 is 2.25 bits per heavy atom. The Hall–Kier alpha value is -2.15. The zero-order valence-corrected chi connectivity index (χ0v) is 11.5. The average molecular weight is 275 g/mol. The molecule has 0 unspecified atom stereocenters. The van der Waals surface area contributed by atoms with E-state index in [1.54, 1.807) is 6.20 Å². The van der Waals surface area contributed by atoms with Crippen molar-refractivity contribution < 1.29 is 9.90 Å². The van der Waals surface area contributed by atoms with E-state index < -0.39 is 5.97 Å². The van der Waals surface area contributed by atoms with E-state index >= 15 is 0 Å². The molecule has 0 aliphatic carbocycles. The molecule has 0 atom stereocenters. The van der Waals surface area contributed by atoms with Crippen LogP contribution in [0.3, 0.4) is 0 Å². The summed E-state index contributed by atoms with van der Waals surface area (Å²) in [6.45, 7) is 6.41. The van der Waals surface area contributed by atoms with Gasteiger partial charge in [-0.3, -0.25) is 14.7 Å². The Labute approximate surface area is 116 Å². The van der Waals surface area contributed by atoms with E-state index in [1.165, 1.54) is 5.69 Å². The van der Waals surface area contributed by atoms with Gasteiger partial charge >= 0.3 is 5.97 Å². The van der Waals surface area contributed by atoms with Crippen LogP contribution in [-0.2, 0) is 6.54 Å². The van der Waals surface area contributed by atoms with Gasteiger partial charge in [0.25, 0.3) is 0 Å². The number of hydrogen-bond acceptors (Lipinski definition) is 4. The van der Waals surface area contributed by atoms with Crippen LogP contribution in [0.5, 0.6) is 0 Å². The number of aromatic carboxylic acids is 1. The highest BCUT2D eigenvalue weighted by atomic mass is 16.4. The first-order chi connectivity index (χ1) is 9.54. The molecule has 7 heteroatoms. The van der Waals surface area contributed by atoms with Crippen molar-refractivity contribution in [3.05, 3.63) is 34.9 Å². The molecule has 0 radical (unpaired) electrons. The van der Waals surface area contributed by atoms with Gasteiger partial charge in [0.2, 0.25) is 0 Å². The summed E-state index contributed by atoms with van der Waals surface area (Å²) < 4.78 is 2.05. The molecule has 0 spiro atoms. The lowest BCUT2D eigenvalue weighted by atomic mass is 10.1. The summed E-state index contributed by atoms with van der Waals surface area (Å²) in [5.74, 6) is -0.965. The molecule has 7 nitrogen and oxygen atoms in total. The van der Waals surface area contributed by atoms with Crippen LogP contribution in [0.4, 0.5) is 0 Å². The SMILES string of the molecule is Cc1cc(C)n(C2CN(Cc3cn[nH]c3C(=O)O)C2)n1. The van der Waals surface area contributed by atoms with Crippen LogP contribution in [0.1, 0.15) is 33.5 Å². The van der Waals surface area contributed by atoms with Crippen LogP contribution in [-0.4, -0.2) is 49.0 Å². The summed E-state index contributed by atoms with van der Waals surface area (Å²) in [7, 11) is 0. The van der Waals surface area contributed by atoms with Gasteiger partial charge in [-0.2, -0.15) is 10.2 Å². The lowest BCUT2D eigenvalue weighted by Crippen LogP contribution is -2.47. The number of rotatable bonds is 4.